The molecule has 1 unspecified atom stereocenters. The summed E-state index contributed by atoms with van der Waals surface area (Å²) in [6.45, 7) is 3.38. The largest absolute Gasteiger partial charge is 0.297 e. The molecule has 0 aromatic heterocycles. The molecule has 2 rings (SSSR count). The van der Waals surface area contributed by atoms with Crippen LogP contribution in [0.4, 0.5) is 0 Å². The van der Waals surface area contributed by atoms with Crippen LogP contribution in [-0.4, -0.2) is 23.8 Å². The van der Waals surface area contributed by atoms with E-state index in [0.29, 0.717) is 24.9 Å². The molecule has 1 heterocycles. The van der Waals surface area contributed by atoms with E-state index in [1.165, 1.54) is 5.56 Å². The Morgan fingerprint density at radius 3 is 2.38 bits per heavy atom. The summed E-state index contributed by atoms with van der Waals surface area (Å²) in [5.74, 6) is 0.350. The predicted molar refractivity (Wildman–Crippen MR) is 51.4 cm³/mol. The lowest BCUT2D eigenvalue weighted by molar-refractivity contribution is -0.130. The van der Waals surface area contributed by atoms with Crippen LogP contribution in [0.2, 0.25) is 0 Å². The molecular formula is C11H13NO. The van der Waals surface area contributed by atoms with Gasteiger partial charge in [0.25, 0.3) is 0 Å². The average molecular weight is 175 g/mol. The molecule has 0 amide bonds. The van der Waals surface area contributed by atoms with E-state index in [9.17, 15) is 4.79 Å². The lowest BCUT2D eigenvalue weighted by Gasteiger charge is -2.35. The normalized spacial score (nSPS) is 19.6. The number of nitrogens with zero attached hydrogens (tertiary/aromatic N) is 1. The molecule has 2 nitrogen and oxygen atoms in total. The quantitative estimate of drug-likeness (QED) is 0.681. The molecule has 13 heavy (non-hydrogen) atoms. The number of rotatable bonds is 2. The summed E-state index contributed by atoms with van der Waals surface area (Å²) < 4.78 is 0. The molecule has 2 heteroatoms. The summed E-state index contributed by atoms with van der Waals surface area (Å²) >= 11 is 0. The number of hydrogen-bond acceptors (Lipinski definition) is 2. The van der Waals surface area contributed by atoms with E-state index in [2.05, 4.69) is 24.0 Å². The molecule has 1 aliphatic rings. The van der Waals surface area contributed by atoms with Crippen molar-refractivity contribution in [2.75, 3.05) is 13.1 Å². The topological polar surface area (TPSA) is 20.3 Å². The molecule has 0 radical (unpaired) electrons. The minimum Gasteiger partial charge on any atom is -0.297 e. The Morgan fingerprint density at radius 2 is 1.85 bits per heavy atom. The fraction of sp³-hybridized carbons (Fsp3) is 0.364. The maximum atomic E-state index is 10.8. The predicted octanol–water partition coefficient (Wildman–Crippen LogP) is 1.63. The average Bonchev–Trinajstić information content (AvgIpc) is 2.13. The highest BCUT2D eigenvalue weighted by Crippen LogP contribution is 2.22. The van der Waals surface area contributed by atoms with E-state index in [1.807, 2.05) is 18.2 Å². The lowest BCUT2D eigenvalue weighted by atomic mass is 10.0. The molecule has 1 atom stereocenters. The maximum absolute atomic E-state index is 10.8. The van der Waals surface area contributed by atoms with Gasteiger partial charge in [0.05, 0.1) is 13.1 Å². The Morgan fingerprint density at radius 1 is 1.23 bits per heavy atom. The van der Waals surface area contributed by atoms with Crippen molar-refractivity contribution < 1.29 is 4.79 Å². The van der Waals surface area contributed by atoms with E-state index in [-0.39, 0.29) is 0 Å². The first kappa shape index (κ1) is 8.45. The molecule has 1 fully saturated rings. The first-order valence-electron chi connectivity index (χ1n) is 4.58. The highest BCUT2D eigenvalue weighted by atomic mass is 16.1. The second-order valence-corrected chi connectivity index (χ2v) is 3.53. The van der Waals surface area contributed by atoms with Gasteiger partial charge in [-0.05, 0) is 12.5 Å². The van der Waals surface area contributed by atoms with Crippen LogP contribution in [0.5, 0.6) is 0 Å². The zero-order valence-electron chi connectivity index (χ0n) is 7.73. The monoisotopic (exact) mass is 175 g/mol. The van der Waals surface area contributed by atoms with Crippen molar-refractivity contribution in [3.05, 3.63) is 35.9 Å². The molecule has 1 aromatic rings. The molecule has 1 aliphatic heterocycles. The highest BCUT2D eigenvalue weighted by Gasteiger charge is 2.28. The van der Waals surface area contributed by atoms with Crippen LogP contribution < -0.4 is 0 Å². The summed E-state index contributed by atoms with van der Waals surface area (Å²) in [4.78, 5) is 13.0. The number of carbonyl (C=O) groups excluding carboxylic acids is 1. The molecule has 68 valence electrons. The Labute approximate surface area is 78.2 Å². The molecule has 0 bridgehead atoms. The molecular weight excluding hydrogens is 162 g/mol. The molecule has 0 aliphatic carbocycles. The van der Waals surface area contributed by atoms with Crippen LogP contribution in [0.1, 0.15) is 18.5 Å². The van der Waals surface area contributed by atoms with Gasteiger partial charge in [0, 0.05) is 6.04 Å². The standard InChI is InChI=1S/C11H13NO/c1-9(12-7-11(13)8-12)10-5-3-2-4-6-10/h2-6,9H,7-8H2,1H3. The smallest absolute Gasteiger partial charge is 0.160 e. The maximum Gasteiger partial charge on any atom is 0.160 e. The second kappa shape index (κ2) is 3.30. The van der Waals surface area contributed by atoms with Crippen LogP contribution in [0.3, 0.4) is 0 Å². The van der Waals surface area contributed by atoms with Crippen LogP contribution in [0.15, 0.2) is 30.3 Å². The zero-order chi connectivity index (χ0) is 9.26. The van der Waals surface area contributed by atoms with E-state index in [1.54, 1.807) is 0 Å². The number of ketones is 1. The van der Waals surface area contributed by atoms with Gasteiger partial charge in [-0.25, -0.2) is 0 Å². The van der Waals surface area contributed by atoms with Crippen molar-refractivity contribution in [2.45, 2.75) is 13.0 Å². The van der Waals surface area contributed by atoms with Crippen molar-refractivity contribution in [2.24, 2.45) is 0 Å². The molecule has 1 saturated heterocycles. The minimum absolute atomic E-state index is 0.350. The SMILES string of the molecule is CC(c1ccccc1)N1CC(=O)C1. The van der Waals surface area contributed by atoms with Crippen LogP contribution in [-0.2, 0) is 4.79 Å². The summed E-state index contributed by atoms with van der Waals surface area (Å²) in [6.07, 6.45) is 0. The van der Waals surface area contributed by atoms with Gasteiger partial charge in [-0.1, -0.05) is 30.3 Å². The van der Waals surface area contributed by atoms with E-state index in [0.717, 1.165) is 0 Å². The number of benzene rings is 1. The van der Waals surface area contributed by atoms with Gasteiger partial charge in [0.15, 0.2) is 5.78 Å². The Kier molecular flexibility index (Phi) is 2.15. The van der Waals surface area contributed by atoms with Gasteiger partial charge in [-0.3, -0.25) is 9.69 Å². The molecule has 0 N–H and O–H groups in total. The van der Waals surface area contributed by atoms with Crippen LogP contribution in [0, 0.1) is 0 Å². The molecule has 1 aromatic carbocycles. The fourth-order valence-corrected chi connectivity index (χ4v) is 1.62. The van der Waals surface area contributed by atoms with Crippen molar-refractivity contribution in [3.8, 4) is 0 Å². The number of likely N-dealkylation sites (tertiary alicyclic amines) is 1. The van der Waals surface area contributed by atoms with E-state index < -0.39 is 0 Å². The third kappa shape index (κ3) is 1.63. The van der Waals surface area contributed by atoms with E-state index >= 15 is 0 Å². The van der Waals surface area contributed by atoms with Gasteiger partial charge in [-0.15, -0.1) is 0 Å². The van der Waals surface area contributed by atoms with E-state index in [4.69, 9.17) is 0 Å². The van der Waals surface area contributed by atoms with Gasteiger partial charge < -0.3 is 0 Å². The minimum atomic E-state index is 0.350. The number of Topliss-reactive ketones (excluding diaryl/α,β-unsaturated/α-hetero) is 1. The zero-order valence-corrected chi connectivity index (χ0v) is 7.73. The van der Waals surface area contributed by atoms with Gasteiger partial charge in [-0.2, -0.15) is 0 Å². The van der Waals surface area contributed by atoms with Crippen LogP contribution >= 0.6 is 0 Å². The van der Waals surface area contributed by atoms with Crippen LogP contribution in [0.25, 0.3) is 0 Å². The van der Waals surface area contributed by atoms with Gasteiger partial charge in [0.1, 0.15) is 0 Å². The molecule has 0 spiro atoms. The number of hydrogen-bond donors (Lipinski definition) is 0. The second-order valence-electron chi connectivity index (χ2n) is 3.53. The fourth-order valence-electron chi connectivity index (χ4n) is 1.62. The third-order valence-electron chi connectivity index (χ3n) is 2.59. The van der Waals surface area contributed by atoms with Crippen molar-refractivity contribution in [1.82, 2.24) is 4.90 Å². The van der Waals surface area contributed by atoms with Gasteiger partial charge >= 0.3 is 0 Å². The van der Waals surface area contributed by atoms with Crippen molar-refractivity contribution >= 4 is 5.78 Å². The Balaban J connectivity index is 2.06. The summed E-state index contributed by atoms with van der Waals surface area (Å²) in [7, 11) is 0. The Hall–Kier alpha value is -1.15. The lowest BCUT2D eigenvalue weighted by Crippen LogP contribution is -2.48. The summed E-state index contributed by atoms with van der Waals surface area (Å²) in [6, 6.07) is 10.7. The highest BCUT2D eigenvalue weighted by molar-refractivity contribution is 5.87. The van der Waals surface area contributed by atoms with Crippen molar-refractivity contribution in [1.29, 1.82) is 0 Å². The van der Waals surface area contributed by atoms with Gasteiger partial charge in [0.2, 0.25) is 0 Å². The first-order valence-corrected chi connectivity index (χ1v) is 4.58. The number of carbonyl (C=O) groups is 1. The Bertz CT molecular complexity index is 299. The van der Waals surface area contributed by atoms with Crippen molar-refractivity contribution in [3.63, 3.8) is 0 Å². The summed E-state index contributed by atoms with van der Waals surface area (Å²) in [5, 5.41) is 0. The first-order chi connectivity index (χ1) is 6.27. The molecule has 0 saturated carbocycles. The summed E-state index contributed by atoms with van der Waals surface area (Å²) in [5.41, 5.74) is 1.29. The third-order valence-corrected chi connectivity index (χ3v) is 2.59.